The van der Waals surface area contributed by atoms with Crippen molar-refractivity contribution in [3.8, 4) is 0 Å². The number of nitrogens with zero attached hydrogens (tertiary/aromatic N) is 1. The summed E-state index contributed by atoms with van der Waals surface area (Å²) in [7, 11) is 0. The van der Waals surface area contributed by atoms with Crippen molar-refractivity contribution < 1.29 is 5.11 Å². The first-order valence-electron chi connectivity index (χ1n) is 6.77. The van der Waals surface area contributed by atoms with E-state index in [0.29, 0.717) is 5.15 Å². The summed E-state index contributed by atoms with van der Waals surface area (Å²) in [6.07, 6.45) is 1.39. The van der Waals surface area contributed by atoms with Crippen LogP contribution < -0.4 is 5.32 Å². The van der Waals surface area contributed by atoms with Crippen molar-refractivity contribution in [3.63, 3.8) is 0 Å². The maximum atomic E-state index is 10.2. The first-order chi connectivity index (χ1) is 8.74. The molecule has 0 aliphatic rings. The van der Waals surface area contributed by atoms with Crippen LogP contribution in [0.3, 0.4) is 0 Å². The van der Waals surface area contributed by atoms with Gasteiger partial charge in [-0.15, -0.1) is 0 Å². The topological polar surface area (TPSA) is 45.1 Å². The third-order valence-corrected chi connectivity index (χ3v) is 3.75. The second-order valence-corrected chi connectivity index (χ2v) is 6.58. The van der Waals surface area contributed by atoms with Crippen LogP contribution in [-0.4, -0.2) is 22.7 Å². The van der Waals surface area contributed by atoms with Gasteiger partial charge in [-0.3, -0.25) is 0 Å². The molecule has 0 saturated carbocycles. The van der Waals surface area contributed by atoms with Crippen molar-refractivity contribution in [1.29, 1.82) is 0 Å². The predicted molar refractivity (Wildman–Crippen MR) is 80.3 cm³/mol. The molecule has 1 heterocycles. The molecular formula is C15H25ClN2O. The highest BCUT2D eigenvalue weighted by atomic mass is 35.5. The number of aromatic nitrogens is 1. The van der Waals surface area contributed by atoms with Crippen LogP contribution in [0.2, 0.25) is 5.15 Å². The van der Waals surface area contributed by atoms with Crippen LogP contribution in [0.25, 0.3) is 0 Å². The minimum atomic E-state index is -0.326. The van der Waals surface area contributed by atoms with Crippen LogP contribution in [0.4, 0.5) is 0 Å². The molecule has 0 amide bonds. The third-order valence-electron chi connectivity index (χ3n) is 3.55. The fourth-order valence-corrected chi connectivity index (χ4v) is 2.41. The van der Waals surface area contributed by atoms with E-state index in [9.17, 15) is 5.11 Å². The maximum Gasteiger partial charge on any atom is 0.129 e. The SMILES string of the molecule is CC(NCC(C)(C)C(O)C(C)C)c1ccnc(Cl)c1. The first-order valence-corrected chi connectivity index (χ1v) is 7.14. The molecule has 0 spiro atoms. The first kappa shape index (κ1) is 16.4. The van der Waals surface area contributed by atoms with Crippen LogP contribution in [0.1, 0.15) is 46.2 Å². The Labute approximate surface area is 121 Å². The molecule has 0 bridgehead atoms. The van der Waals surface area contributed by atoms with Gasteiger partial charge in [0.05, 0.1) is 6.10 Å². The lowest BCUT2D eigenvalue weighted by Crippen LogP contribution is -2.42. The molecule has 4 heteroatoms. The van der Waals surface area contributed by atoms with Crippen molar-refractivity contribution in [2.24, 2.45) is 11.3 Å². The number of halogens is 1. The summed E-state index contributed by atoms with van der Waals surface area (Å²) >= 11 is 5.89. The van der Waals surface area contributed by atoms with E-state index < -0.39 is 0 Å². The quantitative estimate of drug-likeness (QED) is 0.787. The van der Waals surface area contributed by atoms with Gasteiger partial charge in [0.15, 0.2) is 0 Å². The van der Waals surface area contributed by atoms with Crippen molar-refractivity contribution in [2.45, 2.75) is 46.8 Å². The molecule has 0 saturated heterocycles. The Kier molecular flexibility index (Phi) is 5.78. The lowest BCUT2D eigenvalue weighted by atomic mass is 9.80. The van der Waals surface area contributed by atoms with Crippen LogP contribution in [0.5, 0.6) is 0 Å². The van der Waals surface area contributed by atoms with Gasteiger partial charge in [0.1, 0.15) is 5.15 Å². The number of aliphatic hydroxyl groups excluding tert-OH is 1. The zero-order valence-corrected chi connectivity index (χ0v) is 13.2. The van der Waals surface area contributed by atoms with Crippen molar-refractivity contribution >= 4 is 11.6 Å². The molecule has 2 unspecified atom stereocenters. The maximum absolute atomic E-state index is 10.2. The second-order valence-electron chi connectivity index (χ2n) is 6.19. The molecule has 2 atom stereocenters. The zero-order chi connectivity index (χ0) is 14.6. The molecule has 1 aromatic rings. The number of hydrogen-bond donors (Lipinski definition) is 2. The van der Waals surface area contributed by atoms with Gasteiger partial charge >= 0.3 is 0 Å². The van der Waals surface area contributed by atoms with Crippen molar-refractivity contribution in [2.75, 3.05) is 6.54 Å². The molecule has 1 rings (SSSR count). The fraction of sp³-hybridized carbons (Fsp3) is 0.667. The monoisotopic (exact) mass is 284 g/mol. The Bertz CT molecular complexity index is 407. The summed E-state index contributed by atoms with van der Waals surface area (Å²) in [4.78, 5) is 3.98. The van der Waals surface area contributed by atoms with E-state index in [1.54, 1.807) is 6.20 Å². The van der Waals surface area contributed by atoms with E-state index in [0.717, 1.165) is 12.1 Å². The molecule has 0 radical (unpaired) electrons. The van der Waals surface area contributed by atoms with Gasteiger partial charge in [0.2, 0.25) is 0 Å². The van der Waals surface area contributed by atoms with Crippen molar-refractivity contribution in [1.82, 2.24) is 10.3 Å². The summed E-state index contributed by atoms with van der Waals surface area (Å²) in [6, 6.07) is 4.00. The number of pyridine rings is 1. The van der Waals surface area contributed by atoms with Crippen molar-refractivity contribution in [3.05, 3.63) is 29.0 Å². The minimum Gasteiger partial charge on any atom is -0.392 e. The Morgan fingerprint density at radius 1 is 1.37 bits per heavy atom. The molecule has 0 aliphatic heterocycles. The van der Waals surface area contributed by atoms with Gasteiger partial charge in [-0.2, -0.15) is 0 Å². The Hall–Kier alpha value is -0.640. The Balaban J connectivity index is 2.61. The van der Waals surface area contributed by atoms with Gasteiger partial charge in [0, 0.05) is 24.2 Å². The molecular weight excluding hydrogens is 260 g/mol. The molecule has 19 heavy (non-hydrogen) atoms. The normalized spacial score (nSPS) is 15.6. The summed E-state index contributed by atoms with van der Waals surface area (Å²) in [5.41, 5.74) is 0.939. The molecule has 0 fully saturated rings. The molecule has 0 aliphatic carbocycles. The molecule has 108 valence electrons. The lowest BCUT2D eigenvalue weighted by molar-refractivity contribution is 0.0124. The second kappa shape index (κ2) is 6.69. The fourth-order valence-electron chi connectivity index (χ4n) is 2.23. The Morgan fingerprint density at radius 3 is 2.53 bits per heavy atom. The van der Waals surface area contributed by atoms with Crippen LogP contribution in [-0.2, 0) is 0 Å². The molecule has 2 N–H and O–H groups in total. The summed E-state index contributed by atoms with van der Waals surface area (Å²) in [5, 5.41) is 14.2. The van der Waals surface area contributed by atoms with Gasteiger partial charge < -0.3 is 10.4 Å². The third kappa shape index (κ3) is 4.75. The minimum absolute atomic E-state index is 0.167. The number of nitrogens with one attached hydrogen (secondary N) is 1. The smallest absolute Gasteiger partial charge is 0.129 e. The average Bonchev–Trinajstić information content (AvgIpc) is 2.35. The highest BCUT2D eigenvalue weighted by Crippen LogP contribution is 2.26. The molecule has 0 aromatic carbocycles. The zero-order valence-electron chi connectivity index (χ0n) is 12.4. The van der Waals surface area contributed by atoms with Crippen LogP contribution in [0.15, 0.2) is 18.3 Å². The highest BCUT2D eigenvalue weighted by molar-refractivity contribution is 6.29. The standard InChI is InChI=1S/C15H25ClN2O/c1-10(2)14(19)15(4,5)9-18-11(3)12-6-7-17-13(16)8-12/h6-8,10-11,14,18-19H,9H2,1-5H3. The summed E-state index contributed by atoms with van der Waals surface area (Å²) in [5.74, 6) is 0.252. The van der Waals surface area contributed by atoms with Gasteiger partial charge in [-0.1, -0.05) is 39.3 Å². The molecule has 3 nitrogen and oxygen atoms in total. The van der Waals surface area contributed by atoms with E-state index in [-0.39, 0.29) is 23.5 Å². The molecule has 1 aromatic heterocycles. The largest absolute Gasteiger partial charge is 0.392 e. The van der Waals surface area contributed by atoms with Crippen LogP contribution in [0, 0.1) is 11.3 Å². The van der Waals surface area contributed by atoms with E-state index in [2.05, 4.69) is 31.1 Å². The number of hydrogen-bond acceptors (Lipinski definition) is 3. The highest BCUT2D eigenvalue weighted by Gasteiger charge is 2.30. The van der Waals surface area contributed by atoms with E-state index >= 15 is 0 Å². The summed E-state index contributed by atoms with van der Waals surface area (Å²) < 4.78 is 0. The van der Waals surface area contributed by atoms with E-state index in [1.165, 1.54) is 0 Å². The Morgan fingerprint density at radius 2 is 2.00 bits per heavy atom. The van der Waals surface area contributed by atoms with Crippen LogP contribution >= 0.6 is 11.6 Å². The summed E-state index contributed by atoms with van der Waals surface area (Å²) in [6.45, 7) is 11.1. The van der Waals surface area contributed by atoms with E-state index in [4.69, 9.17) is 11.6 Å². The predicted octanol–water partition coefficient (Wildman–Crippen LogP) is 3.43. The average molecular weight is 285 g/mol. The van der Waals surface area contributed by atoms with Gasteiger partial charge in [-0.25, -0.2) is 4.98 Å². The number of aliphatic hydroxyl groups is 1. The van der Waals surface area contributed by atoms with Gasteiger partial charge in [-0.05, 0) is 30.5 Å². The lowest BCUT2D eigenvalue weighted by Gasteiger charge is -2.34. The van der Waals surface area contributed by atoms with E-state index in [1.807, 2.05) is 26.0 Å². The number of rotatable bonds is 6. The van der Waals surface area contributed by atoms with Gasteiger partial charge in [0.25, 0.3) is 0 Å².